The number of carbonyl (C=O) groups is 2. The first-order valence-corrected chi connectivity index (χ1v) is 9.03. The van der Waals surface area contributed by atoms with E-state index in [0.29, 0.717) is 18.8 Å². The van der Waals surface area contributed by atoms with Gasteiger partial charge in [-0.15, -0.1) is 0 Å². The molecule has 2 heterocycles. The summed E-state index contributed by atoms with van der Waals surface area (Å²) in [5.74, 6) is 0.120. The van der Waals surface area contributed by atoms with Gasteiger partial charge in [0.25, 0.3) is 0 Å². The molecule has 0 aliphatic carbocycles. The summed E-state index contributed by atoms with van der Waals surface area (Å²) in [5, 5.41) is 2.44. The molecular formula is C20H28N2O2. The summed E-state index contributed by atoms with van der Waals surface area (Å²) >= 11 is 0. The van der Waals surface area contributed by atoms with Crippen LogP contribution in [0.5, 0.6) is 0 Å². The Kier molecular flexibility index (Phi) is 4.77. The summed E-state index contributed by atoms with van der Waals surface area (Å²) in [7, 11) is 0. The third kappa shape index (κ3) is 3.69. The first-order chi connectivity index (χ1) is 11.3. The Balaban J connectivity index is 1.63. The summed E-state index contributed by atoms with van der Waals surface area (Å²) in [4.78, 5) is 25.8. The molecule has 2 aliphatic heterocycles. The van der Waals surface area contributed by atoms with E-state index in [4.69, 9.17) is 0 Å². The predicted octanol–water partition coefficient (Wildman–Crippen LogP) is 3.18. The fraction of sp³-hybridized carbons (Fsp3) is 0.600. The lowest BCUT2D eigenvalue weighted by Crippen LogP contribution is -2.45. The summed E-state index contributed by atoms with van der Waals surface area (Å²) < 4.78 is 0. The number of rotatable bonds is 2. The Morgan fingerprint density at radius 3 is 2.08 bits per heavy atom. The van der Waals surface area contributed by atoms with Gasteiger partial charge in [0.2, 0.25) is 11.8 Å². The molecule has 1 N–H and O–H groups in total. The number of likely N-dealkylation sites (tertiary alicyclic amines) is 1. The molecule has 0 radical (unpaired) electrons. The van der Waals surface area contributed by atoms with Gasteiger partial charge < -0.3 is 0 Å². The lowest BCUT2D eigenvalue weighted by atomic mass is 9.85. The van der Waals surface area contributed by atoms with E-state index in [0.717, 1.165) is 18.7 Å². The highest BCUT2D eigenvalue weighted by molar-refractivity contribution is 6.00. The molecule has 2 amide bonds. The van der Waals surface area contributed by atoms with Crippen molar-refractivity contribution in [2.45, 2.75) is 63.8 Å². The molecule has 2 aliphatic rings. The maximum atomic E-state index is 12.0. The smallest absolute Gasteiger partial charge is 0.234 e. The van der Waals surface area contributed by atoms with E-state index in [-0.39, 0.29) is 23.3 Å². The topological polar surface area (TPSA) is 49.4 Å². The predicted molar refractivity (Wildman–Crippen MR) is 94.9 cm³/mol. The van der Waals surface area contributed by atoms with Crippen molar-refractivity contribution in [2.24, 2.45) is 0 Å². The first-order valence-electron chi connectivity index (χ1n) is 9.03. The van der Waals surface area contributed by atoms with Gasteiger partial charge in [0.15, 0.2) is 0 Å². The minimum atomic E-state index is -0.181. The normalized spacial score (nSPS) is 24.0. The fourth-order valence-electron chi connectivity index (χ4n) is 3.90. The lowest BCUT2D eigenvalue weighted by molar-refractivity contribution is -0.134. The van der Waals surface area contributed by atoms with Crippen LogP contribution in [0.3, 0.4) is 0 Å². The number of hydrogen-bond donors (Lipinski definition) is 1. The summed E-state index contributed by atoms with van der Waals surface area (Å²) in [5.41, 5.74) is 2.65. The van der Waals surface area contributed by atoms with Crippen molar-refractivity contribution in [3.63, 3.8) is 0 Å². The van der Waals surface area contributed by atoms with Gasteiger partial charge in [-0.05, 0) is 70.2 Å². The quantitative estimate of drug-likeness (QED) is 0.848. The number of piperidine rings is 2. The van der Waals surface area contributed by atoms with Gasteiger partial charge in [-0.3, -0.25) is 19.8 Å². The van der Waals surface area contributed by atoms with Crippen molar-refractivity contribution in [3.05, 3.63) is 35.4 Å². The van der Waals surface area contributed by atoms with Crippen LogP contribution in [-0.2, 0) is 9.59 Å². The lowest BCUT2D eigenvalue weighted by Gasteiger charge is -2.41. The monoisotopic (exact) mass is 328 g/mol. The molecule has 0 bridgehead atoms. The van der Waals surface area contributed by atoms with Crippen LogP contribution in [0.2, 0.25) is 0 Å². The molecule has 4 nitrogen and oxygen atoms in total. The average Bonchev–Trinajstić information content (AvgIpc) is 2.54. The van der Waals surface area contributed by atoms with Crippen LogP contribution in [0.15, 0.2) is 24.3 Å². The minimum absolute atomic E-state index is 0.154. The van der Waals surface area contributed by atoms with Gasteiger partial charge >= 0.3 is 0 Å². The molecule has 1 aromatic rings. The summed E-state index contributed by atoms with van der Waals surface area (Å²) in [6.07, 6.45) is 3.43. The molecule has 2 fully saturated rings. The standard InChI is InChI=1S/C20H28N2O2/c1-20(2,3)22-12-10-15(11-13-22)14-4-6-16(7-5-14)17-8-9-18(23)21-19(17)24/h4-7,15,17H,8-13H2,1-3H3,(H,21,23,24). The molecule has 1 atom stereocenters. The van der Waals surface area contributed by atoms with Crippen LogP contribution in [0.4, 0.5) is 0 Å². The Labute approximate surface area is 144 Å². The van der Waals surface area contributed by atoms with Crippen molar-refractivity contribution < 1.29 is 9.59 Å². The number of hydrogen-bond acceptors (Lipinski definition) is 3. The summed E-state index contributed by atoms with van der Waals surface area (Å²) in [6.45, 7) is 9.12. The number of amides is 2. The number of nitrogens with one attached hydrogen (secondary N) is 1. The zero-order chi connectivity index (χ0) is 17.3. The molecule has 3 rings (SSSR count). The molecule has 2 saturated heterocycles. The molecule has 1 unspecified atom stereocenters. The average molecular weight is 328 g/mol. The maximum absolute atomic E-state index is 12.0. The number of carbonyl (C=O) groups excluding carboxylic acids is 2. The number of nitrogens with zero attached hydrogens (tertiary/aromatic N) is 1. The van der Waals surface area contributed by atoms with E-state index in [1.165, 1.54) is 18.4 Å². The highest BCUT2D eigenvalue weighted by Gasteiger charge is 2.29. The van der Waals surface area contributed by atoms with Crippen LogP contribution in [0, 0.1) is 0 Å². The van der Waals surface area contributed by atoms with Gasteiger partial charge in [0.1, 0.15) is 0 Å². The van der Waals surface area contributed by atoms with Crippen molar-refractivity contribution in [1.29, 1.82) is 0 Å². The van der Waals surface area contributed by atoms with Crippen LogP contribution < -0.4 is 5.32 Å². The second kappa shape index (κ2) is 6.67. The molecular weight excluding hydrogens is 300 g/mol. The third-order valence-corrected chi connectivity index (χ3v) is 5.49. The minimum Gasteiger partial charge on any atom is -0.298 e. The highest BCUT2D eigenvalue weighted by atomic mass is 16.2. The Morgan fingerprint density at radius 1 is 0.958 bits per heavy atom. The van der Waals surface area contributed by atoms with E-state index in [1.54, 1.807) is 0 Å². The van der Waals surface area contributed by atoms with E-state index < -0.39 is 0 Å². The number of benzene rings is 1. The summed E-state index contributed by atoms with van der Waals surface area (Å²) in [6, 6.07) is 8.50. The van der Waals surface area contributed by atoms with Crippen molar-refractivity contribution >= 4 is 11.8 Å². The van der Waals surface area contributed by atoms with Crippen LogP contribution in [0.25, 0.3) is 0 Å². The van der Waals surface area contributed by atoms with Gasteiger partial charge in [-0.2, -0.15) is 0 Å². The third-order valence-electron chi connectivity index (χ3n) is 5.49. The van der Waals surface area contributed by atoms with E-state index in [1.807, 2.05) is 0 Å². The molecule has 0 spiro atoms. The highest BCUT2D eigenvalue weighted by Crippen LogP contribution is 2.32. The molecule has 24 heavy (non-hydrogen) atoms. The van der Waals surface area contributed by atoms with E-state index in [2.05, 4.69) is 55.3 Å². The van der Waals surface area contributed by atoms with Gasteiger partial charge in [0.05, 0.1) is 5.92 Å². The van der Waals surface area contributed by atoms with E-state index >= 15 is 0 Å². The molecule has 4 heteroatoms. The zero-order valence-electron chi connectivity index (χ0n) is 15.0. The molecule has 0 aromatic heterocycles. The first kappa shape index (κ1) is 17.2. The Bertz CT molecular complexity index is 608. The van der Waals surface area contributed by atoms with Gasteiger partial charge in [-0.1, -0.05) is 24.3 Å². The molecule has 1 aromatic carbocycles. The molecule has 0 saturated carbocycles. The van der Waals surface area contributed by atoms with Crippen LogP contribution in [0.1, 0.15) is 69.4 Å². The maximum Gasteiger partial charge on any atom is 0.234 e. The van der Waals surface area contributed by atoms with Crippen molar-refractivity contribution in [3.8, 4) is 0 Å². The van der Waals surface area contributed by atoms with Gasteiger partial charge in [0, 0.05) is 12.0 Å². The second-order valence-corrected chi connectivity index (χ2v) is 8.10. The van der Waals surface area contributed by atoms with Crippen molar-refractivity contribution in [1.82, 2.24) is 10.2 Å². The Morgan fingerprint density at radius 2 is 1.54 bits per heavy atom. The van der Waals surface area contributed by atoms with Crippen LogP contribution >= 0.6 is 0 Å². The zero-order valence-corrected chi connectivity index (χ0v) is 15.0. The molecule has 130 valence electrons. The number of imide groups is 1. The largest absolute Gasteiger partial charge is 0.298 e. The van der Waals surface area contributed by atoms with Crippen LogP contribution in [-0.4, -0.2) is 35.3 Å². The fourth-order valence-corrected chi connectivity index (χ4v) is 3.90. The van der Waals surface area contributed by atoms with E-state index in [9.17, 15) is 9.59 Å². The SMILES string of the molecule is CC(C)(C)N1CCC(c2ccc(C3CCC(=O)NC3=O)cc2)CC1. The Hall–Kier alpha value is -1.68. The van der Waals surface area contributed by atoms with Crippen molar-refractivity contribution in [2.75, 3.05) is 13.1 Å². The van der Waals surface area contributed by atoms with Gasteiger partial charge in [-0.25, -0.2) is 0 Å². The second-order valence-electron chi connectivity index (χ2n) is 8.10.